The van der Waals surface area contributed by atoms with Crippen LogP contribution in [0.2, 0.25) is 0 Å². The molecule has 76 valence electrons. The van der Waals surface area contributed by atoms with Crippen molar-refractivity contribution in [1.29, 1.82) is 0 Å². The van der Waals surface area contributed by atoms with Gasteiger partial charge in [0, 0.05) is 0 Å². The largest absolute Gasteiger partial charge is 0.375 e. The first-order valence-electron chi connectivity index (χ1n) is 5.57. The van der Waals surface area contributed by atoms with Gasteiger partial charge in [-0.2, -0.15) is 0 Å². The van der Waals surface area contributed by atoms with Crippen molar-refractivity contribution >= 4 is 0 Å². The van der Waals surface area contributed by atoms with E-state index in [0.29, 0.717) is 0 Å². The van der Waals surface area contributed by atoms with Gasteiger partial charge in [-0.25, -0.2) is 0 Å². The maximum Gasteiger partial charge on any atom is 0.0710 e. The summed E-state index contributed by atoms with van der Waals surface area (Å²) in [4.78, 5) is 0. The molecule has 2 rings (SSSR count). The highest BCUT2D eigenvalue weighted by atomic mass is 16.5. The summed E-state index contributed by atoms with van der Waals surface area (Å²) in [5.74, 6) is 1.59. The van der Waals surface area contributed by atoms with Crippen LogP contribution < -0.4 is 5.32 Å². The predicted molar refractivity (Wildman–Crippen MR) is 53.7 cm³/mol. The molecule has 0 amide bonds. The van der Waals surface area contributed by atoms with Gasteiger partial charge < -0.3 is 10.1 Å². The van der Waals surface area contributed by atoms with Crippen LogP contribution in [-0.4, -0.2) is 25.3 Å². The molecule has 2 fully saturated rings. The second-order valence-electron chi connectivity index (χ2n) is 4.95. The van der Waals surface area contributed by atoms with E-state index >= 15 is 0 Å². The summed E-state index contributed by atoms with van der Waals surface area (Å²) in [5, 5.41) is 3.40. The maximum atomic E-state index is 6.02. The van der Waals surface area contributed by atoms with E-state index in [4.69, 9.17) is 4.74 Å². The Hall–Kier alpha value is -0.0800. The van der Waals surface area contributed by atoms with E-state index in [0.717, 1.165) is 31.5 Å². The molecule has 0 bridgehead atoms. The fourth-order valence-corrected chi connectivity index (χ4v) is 2.54. The molecule has 2 heteroatoms. The van der Waals surface area contributed by atoms with Gasteiger partial charge in [-0.15, -0.1) is 0 Å². The third-order valence-corrected chi connectivity index (χ3v) is 3.70. The molecule has 0 saturated carbocycles. The number of rotatable bonds is 1. The second-order valence-corrected chi connectivity index (χ2v) is 4.95. The van der Waals surface area contributed by atoms with Gasteiger partial charge >= 0.3 is 0 Å². The van der Waals surface area contributed by atoms with E-state index in [1.165, 1.54) is 19.3 Å². The Bertz CT molecular complexity index is 173. The van der Waals surface area contributed by atoms with Crippen molar-refractivity contribution in [2.45, 2.75) is 38.7 Å². The SMILES string of the molecule is CC(C)C1COC2(CCNCC2)C1. The summed E-state index contributed by atoms with van der Waals surface area (Å²) in [6, 6.07) is 0. The van der Waals surface area contributed by atoms with E-state index in [-0.39, 0.29) is 5.60 Å². The third-order valence-electron chi connectivity index (χ3n) is 3.70. The Balaban J connectivity index is 1.94. The molecule has 0 aromatic heterocycles. The first-order chi connectivity index (χ1) is 6.22. The molecule has 1 spiro atoms. The number of ether oxygens (including phenoxy) is 1. The van der Waals surface area contributed by atoms with E-state index in [1.54, 1.807) is 0 Å². The van der Waals surface area contributed by atoms with Gasteiger partial charge in [0.25, 0.3) is 0 Å². The highest BCUT2D eigenvalue weighted by molar-refractivity contribution is 4.93. The number of piperidine rings is 1. The Labute approximate surface area is 81.0 Å². The molecular formula is C11H21NO. The smallest absolute Gasteiger partial charge is 0.0710 e. The fraction of sp³-hybridized carbons (Fsp3) is 1.00. The second kappa shape index (κ2) is 3.58. The van der Waals surface area contributed by atoms with Crippen LogP contribution in [0.1, 0.15) is 33.1 Å². The minimum absolute atomic E-state index is 0.264. The molecule has 2 aliphatic rings. The summed E-state index contributed by atoms with van der Waals surface area (Å²) in [6.07, 6.45) is 3.73. The lowest BCUT2D eigenvalue weighted by Gasteiger charge is -2.33. The van der Waals surface area contributed by atoms with Crippen LogP contribution in [0, 0.1) is 11.8 Å². The summed E-state index contributed by atoms with van der Waals surface area (Å²) >= 11 is 0. The van der Waals surface area contributed by atoms with Crippen molar-refractivity contribution in [2.24, 2.45) is 11.8 Å². The minimum Gasteiger partial charge on any atom is -0.375 e. The zero-order valence-electron chi connectivity index (χ0n) is 8.81. The van der Waals surface area contributed by atoms with Crippen LogP contribution >= 0.6 is 0 Å². The Morgan fingerprint density at radius 2 is 2.00 bits per heavy atom. The molecule has 2 saturated heterocycles. The van der Waals surface area contributed by atoms with Gasteiger partial charge in [0.1, 0.15) is 0 Å². The molecule has 1 atom stereocenters. The van der Waals surface area contributed by atoms with Gasteiger partial charge in [-0.05, 0) is 44.2 Å². The lowest BCUT2D eigenvalue weighted by molar-refractivity contribution is -0.0199. The number of nitrogens with one attached hydrogen (secondary N) is 1. The van der Waals surface area contributed by atoms with Crippen LogP contribution in [0.25, 0.3) is 0 Å². The summed E-state index contributed by atoms with van der Waals surface area (Å²) < 4.78 is 6.02. The van der Waals surface area contributed by atoms with E-state index < -0.39 is 0 Å². The minimum atomic E-state index is 0.264. The average molecular weight is 183 g/mol. The summed E-state index contributed by atoms with van der Waals surface area (Å²) in [5.41, 5.74) is 0.264. The summed E-state index contributed by atoms with van der Waals surface area (Å²) in [7, 11) is 0. The molecule has 2 nitrogen and oxygen atoms in total. The van der Waals surface area contributed by atoms with Crippen LogP contribution in [0.5, 0.6) is 0 Å². The fourth-order valence-electron chi connectivity index (χ4n) is 2.54. The highest BCUT2D eigenvalue weighted by Gasteiger charge is 2.41. The van der Waals surface area contributed by atoms with Crippen LogP contribution in [0.15, 0.2) is 0 Å². The Kier molecular flexibility index (Phi) is 2.61. The van der Waals surface area contributed by atoms with Gasteiger partial charge in [0.15, 0.2) is 0 Å². The number of hydrogen-bond acceptors (Lipinski definition) is 2. The van der Waals surface area contributed by atoms with Crippen molar-refractivity contribution in [3.63, 3.8) is 0 Å². The third kappa shape index (κ3) is 1.89. The zero-order valence-corrected chi connectivity index (χ0v) is 8.81. The quantitative estimate of drug-likeness (QED) is 0.669. The molecule has 1 unspecified atom stereocenters. The normalized spacial score (nSPS) is 33.0. The van der Waals surface area contributed by atoms with Crippen molar-refractivity contribution in [3.8, 4) is 0 Å². The van der Waals surface area contributed by atoms with Crippen molar-refractivity contribution in [1.82, 2.24) is 5.32 Å². The topological polar surface area (TPSA) is 21.3 Å². The van der Waals surface area contributed by atoms with Crippen molar-refractivity contribution < 1.29 is 4.74 Å². The molecule has 2 aliphatic heterocycles. The highest BCUT2D eigenvalue weighted by Crippen LogP contribution is 2.39. The molecule has 0 aromatic rings. The van der Waals surface area contributed by atoms with E-state index in [2.05, 4.69) is 19.2 Å². The lowest BCUT2D eigenvalue weighted by Crippen LogP contribution is -2.41. The number of hydrogen-bond donors (Lipinski definition) is 1. The summed E-state index contributed by atoms with van der Waals surface area (Å²) in [6.45, 7) is 7.91. The lowest BCUT2D eigenvalue weighted by atomic mass is 9.82. The first-order valence-corrected chi connectivity index (χ1v) is 5.57. The van der Waals surface area contributed by atoms with Crippen LogP contribution in [0.4, 0.5) is 0 Å². The van der Waals surface area contributed by atoms with Gasteiger partial charge in [-0.3, -0.25) is 0 Å². The Morgan fingerprint density at radius 3 is 2.54 bits per heavy atom. The molecule has 1 N–H and O–H groups in total. The first kappa shape index (κ1) is 9.47. The average Bonchev–Trinajstić information content (AvgIpc) is 2.51. The molecule has 0 aromatic carbocycles. The van der Waals surface area contributed by atoms with Crippen molar-refractivity contribution in [3.05, 3.63) is 0 Å². The van der Waals surface area contributed by atoms with Gasteiger partial charge in [0.2, 0.25) is 0 Å². The molecule has 0 aliphatic carbocycles. The standard InChI is InChI=1S/C11H21NO/c1-9(2)10-7-11(13-8-10)3-5-12-6-4-11/h9-10,12H,3-8H2,1-2H3. The zero-order chi connectivity index (χ0) is 9.31. The molecule has 13 heavy (non-hydrogen) atoms. The van der Waals surface area contributed by atoms with E-state index in [1.807, 2.05) is 0 Å². The monoisotopic (exact) mass is 183 g/mol. The van der Waals surface area contributed by atoms with Crippen LogP contribution in [0.3, 0.4) is 0 Å². The Morgan fingerprint density at radius 1 is 1.31 bits per heavy atom. The molecule has 0 radical (unpaired) electrons. The molecular weight excluding hydrogens is 162 g/mol. The maximum absolute atomic E-state index is 6.02. The van der Waals surface area contributed by atoms with Gasteiger partial charge in [-0.1, -0.05) is 13.8 Å². The van der Waals surface area contributed by atoms with Crippen LogP contribution in [-0.2, 0) is 4.74 Å². The predicted octanol–water partition coefficient (Wildman–Crippen LogP) is 1.80. The molecule has 2 heterocycles. The van der Waals surface area contributed by atoms with Gasteiger partial charge in [0.05, 0.1) is 12.2 Å². The van der Waals surface area contributed by atoms with Crippen molar-refractivity contribution in [2.75, 3.05) is 19.7 Å². The van der Waals surface area contributed by atoms with E-state index in [9.17, 15) is 0 Å².